The van der Waals surface area contributed by atoms with Crippen molar-refractivity contribution in [3.8, 4) is 0 Å². The zero-order valence-corrected chi connectivity index (χ0v) is 17.6. The van der Waals surface area contributed by atoms with Crippen LogP contribution in [0.4, 0.5) is 10.5 Å². The fourth-order valence-corrected chi connectivity index (χ4v) is 4.39. The molecule has 0 fully saturated rings. The first-order valence-electron chi connectivity index (χ1n) is 7.96. The Bertz CT molecular complexity index is 1110. The number of hydrogen-bond acceptors (Lipinski definition) is 7. The molecule has 0 atom stereocenters. The quantitative estimate of drug-likeness (QED) is 0.387. The number of carbonyl (C=O) groups is 1. The minimum atomic E-state index is -3.71. The predicted molar refractivity (Wildman–Crippen MR) is 111 cm³/mol. The summed E-state index contributed by atoms with van der Waals surface area (Å²) in [7, 11) is -3.71. The number of carbonyl (C=O) groups excluding carboxylic acids is 1. The van der Waals surface area contributed by atoms with Crippen LogP contribution in [0.2, 0.25) is 0 Å². The molecule has 28 heavy (non-hydrogen) atoms. The van der Waals surface area contributed by atoms with Crippen molar-refractivity contribution >= 4 is 59.3 Å². The third-order valence-electron chi connectivity index (χ3n) is 3.44. The first kappa shape index (κ1) is 20.3. The van der Waals surface area contributed by atoms with Gasteiger partial charge in [0, 0.05) is 4.47 Å². The zero-order chi connectivity index (χ0) is 20.1. The number of benzene rings is 2. The molecule has 0 saturated heterocycles. The second-order valence-corrected chi connectivity index (χ2v) is 9.20. The van der Waals surface area contributed by atoms with E-state index in [1.165, 1.54) is 29.5 Å². The van der Waals surface area contributed by atoms with E-state index in [1.54, 1.807) is 30.3 Å². The summed E-state index contributed by atoms with van der Waals surface area (Å²) in [4.78, 5) is 15.9. The SMILES string of the molecule is C=CCOC(=O)OCc1nc2cc(NS(=O)(=O)c3ccc(Br)cc3)ccc2s1. The van der Waals surface area contributed by atoms with Crippen molar-refractivity contribution in [2.75, 3.05) is 11.3 Å². The molecule has 0 unspecified atom stereocenters. The van der Waals surface area contributed by atoms with Gasteiger partial charge in [-0.15, -0.1) is 11.3 Å². The molecule has 0 saturated carbocycles. The van der Waals surface area contributed by atoms with Crippen LogP contribution in [0.15, 0.2) is 64.5 Å². The molecule has 0 aliphatic heterocycles. The number of aromatic nitrogens is 1. The van der Waals surface area contributed by atoms with Gasteiger partial charge in [0.2, 0.25) is 0 Å². The Morgan fingerprint density at radius 1 is 1.21 bits per heavy atom. The summed E-state index contributed by atoms with van der Waals surface area (Å²) in [5.74, 6) is 0. The van der Waals surface area contributed by atoms with E-state index in [4.69, 9.17) is 9.47 Å². The zero-order valence-electron chi connectivity index (χ0n) is 14.4. The smallest absolute Gasteiger partial charge is 0.430 e. The van der Waals surface area contributed by atoms with Gasteiger partial charge in [0.05, 0.1) is 20.8 Å². The molecular weight excluding hydrogens is 468 g/mol. The Morgan fingerprint density at radius 3 is 2.68 bits per heavy atom. The van der Waals surface area contributed by atoms with Crippen LogP contribution >= 0.6 is 27.3 Å². The second kappa shape index (κ2) is 8.72. The number of hydrogen-bond donors (Lipinski definition) is 1. The molecule has 0 amide bonds. The number of anilines is 1. The average molecular weight is 483 g/mol. The van der Waals surface area contributed by atoms with Crippen molar-refractivity contribution in [1.29, 1.82) is 0 Å². The molecule has 0 aliphatic carbocycles. The number of sulfonamides is 1. The van der Waals surface area contributed by atoms with Gasteiger partial charge in [-0.2, -0.15) is 0 Å². The van der Waals surface area contributed by atoms with Crippen molar-refractivity contribution in [3.05, 3.63) is 64.6 Å². The van der Waals surface area contributed by atoms with E-state index in [-0.39, 0.29) is 18.1 Å². The van der Waals surface area contributed by atoms with E-state index < -0.39 is 16.2 Å². The number of rotatable bonds is 7. The van der Waals surface area contributed by atoms with Crippen LogP contribution in [0.25, 0.3) is 10.2 Å². The standard InChI is InChI=1S/C18H15BrN2O5S2/c1-2-9-25-18(22)26-11-17-20-15-10-13(5-8-16(15)27-17)21-28(23,24)14-6-3-12(19)4-7-14/h2-8,10,21H,1,9,11H2. The van der Waals surface area contributed by atoms with Crippen molar-refractivity contribution in [2.24, 2.45) is 0 Å². The van der Waals surface area contributed by atoms with Crippen molar-refractivity contribution < 1.29 is 22.7 Å². The summed E-state index contributed by atoms with van der Waals surface area (Å²) in [6, 6.07) is 11.4. The van der Waals surface area contributed by atoms with Gasteiger partial charge in [-0.05, 0) is 42.5 Å². The minimum absolute atomic E-state index is 0.0325. The van der Waals surface area contributed by atoms with Crippen LogP contribution in [0.3, 0.4) is 0 Å². The first-order chi connectivity index (χ1) is 13.4. The minimum Gasteiger partial charge on any atom is -0.430 e. The van der Waals surface area contributed by atoms with Crippen LogP contribution < -0.4 is 4.72 Å². The molecule has 7 nitrogen and oxygen atoms in total. The van der Waals surface area contributed by atoms with Gasteiger partial charge in [-0.3, -0.25) is 4.72 Å². The molecule has 1 heterocycles. The Hall–Kier alpha value is -2.43. The number of nitrogens with one attached hydrogen (secondary N) is 1. The number of halogens is 1. The van der Waals surface area contributed by atoms with E-state index in [1.807, 2.05) is 0 Å². The summed E-state index contributed by atoms with van der Waals surface area (Å²) in [5.41, 5.74) is 0.984. The van der Waals surface area contributed by atoms with E-state index in [2.05, 4.69) is 32.2 Å². The normalized spacial score (nSPS) is 11.2. The lowest BCUT2D eigenvalue weighted by molar-refractivity contribution is 0.0577. The Kier molecular flexibility index (Phi) is 6.32. The summed E-state index contributed by atoms with van der Waals surface area (Å²) >= 11 is 4.62. The maximum absolute atomic E-state index is 12.5. The van der Waals surface area contributed by atoms with Crippen molar-refractivity contribution in [3.63, 3.8) is 0 Å². The van der Waals surface area contributed by atoms with Gasteiger partial charge >= 0.3 is 6.16 Å². The average Bonchev–Trinajstić information content (AvgIpc) is 3.07. The van der Waals surface area contributed by atoms with Gasteiger partial charge in [0.25, 0.3) is 10.0 Å². The van der Waals surface area contributed by atoms with Crippen LogP contribution in [-0.2, 0) is 26.1 Å². The van der Waals surface area contributed by atoms with Gasteiger partial charge < -0.3 is 9.47 Å². The third-order valence-corrected chi connectivity index (χ3v) is 6.38. The Balaban J connectivity index is 1.72. The monoisotopic (exact) mass is 482 g/mol. The van der Waals surface area contributed by atoms with Crippen LogP contribution in [0.1, 0.15) is 5.01 Å². The van der Waals surface area contributed by atoms with E-state index in [0.29, 0.717) is 16.2 Å². The van der Waals surface area contributed by atoms with Gasteiger partial charge in [0.1, 0.15) is 18.2 Å². The molecule has 3 aromatic rings. The Labute approximate surface area is 174 Å². The van der Waals surface area contributed by atoms with Gasteiger partial charge in [-0.25, -0.2) is 18.2 Å². The summed E-state index contributed by atoms with van der Waals surface area (Å²) in [6.45, 7) is 3.48. The highest BCUT2D eigenvalue weighted by Crippen LogP contribution is 2.27. The lowest BCUT2D eigenvalue weighted by Crippen LogP contribution is -2.12. The topological polar surface area (TPSA) is 94.6 Å². The highest BCUT2D eigenvalue weighted by atomic mass is 79.9. The Morgan fingerprint density at radius 2 is 1.96 bits per heavy atom. The molecule has 0 radical (unpaired) electrons. The van der Waals surface area contributed by atoms with Crippen LogP contribution in [0, 0.1) is 0 Å². The summed E-state index contributed by atoms with van der Waals surface area (Å²) < 4.78 is 38.8. The number of thiazole rings is 1. The predicted octanol–water partition coefficient (Wildman–Crippen LogP) is 4.70. The molecule has 0 aliphatic rings. The van der Waals surface area contributed by atoms with Crippen LogP contribution in [0.5, 0.6) is 0 Å². The molecule has 0 spiro atoms. The van der Waals surface area contributed by atoms with E-state index in [0.717, 1.165) is 9.17 Å². The molecule has 1 N–H and O–H groups in total. The maximum atomic E-state index is 12.5. The second-order valence-electron chi connectivity index (χ2n) is 5.49. The highest BCUT2D eigenvalue weighted by molar-refractivity contribution is 9.10. The molecule has 2 aromatic carbocycles. The molecular formula is C18H15BrN2O5S2. The lowest BCUT2D eigenvalue weighted by Gasteiger charge is -2.08. The van der Waals surface area contributed by atoms with Gasteiger partial charge in [-0.1, -0.05) is 28.6 Å². The third kappa shape index (κ3) is 5.09. The summed E-state index contributed by atoms with van der Waals surface area (Å²) in [5, 5.41) is 0.568. The fraction of sp³-hybridized carbons (Fsp3) is 0.111. The first-order valence-corrected chi connectivity index (χ1v) is 11.0. The summed E-state index contributed by atoms with van der Waals surface area (Å²) in [6.07, 6.45) is 0.637. The molecule has 146 valence electrons. The molecule has 10 heteroatoms. The lowest BCUT2D eigenvalue weighted by atomic mass is 10.3. The number of ether oxygens (including phenoxy) is 2. The van der Waals surface area contributed by atoms with E-state index >= 15 is 0 Å². The number of fused-ring (bicyclic) bond motifs is 1. The molecule has 3 rings (SSSR count). The molecule has 0 bridgehead atoms. The maximum Gasteiger partial charge on any atom is 0.509 e. The largest absolute Gasteiger partial charge is 0.509 e. The van der Waals surface area contributed by atoms with E-state index in [9.17, 15) is 13.2 Å². The fourth-order valence-electron chi connectivity index (χ4n) is 2.22. The van der Waals surface area contributed by atoms with Crippen molar-refractivity contribution in [1.82, 2.24) is 4.98 Å². The van der Waals surface area contributed by atoms with Crippen molar-refractivity contribution in [2.45, 2.75) is 11.5 Å². The molecule has 1 aromatic heterocycles. The number of nitrogens with zero attached hydrogens (tertiary/aromatic N) is 1. The van der Waals surface area contributed by atoms with Crippen LogP contribution in [-0.4, -0.2) is 26.2 Å². The highest BCUT2D eigenvalue weighted by Gasteiger charge is 2.15. The van der Waals surface area contributed by atoms with Gasteiger partial charge in [0.15, 0.2) is 0 Å².